The number of hydrazone groups is 1. The molecule has 2 aromatic carbocycles. The van der Waals surface area contributed by atoms with Gasteiger partial charge in [0.1, 0.15) is 0 Å². The van der Waals surface area contributed by atoms with Gasteiger partial charge in [0.15, 0.2) is 0 Å². The van der Waals surface area contributed by atoms with E-state index in [2.05, 4.69) is 77.3 Å². The van der Waals surface area contributed by atoms with E-state index >= 15 is 0 Å². The molecule has 0 bridgehead atoms. The maximum absolute atomic E-state index is 12.3. The number of fused-ring (bicyclic) bond motifs is 1. The number of rotatable bonds is 5. The van der Waals surface area contributed by atoms with E-state index in [1.165, 1.54) is 16.8 Å². The van der Waals surface area contributed by atoms with Crippen molar-refractivity contribution in [2.45, 2.75) is 39.7 Å². The highest BCUT2D eigenvalue weighted by atomic mass is 79.9. The number of allylic oxidation sites excluding steroid dienone is 1. The largest absolute Gasteiger partial charge is 0.362 e. The van der Waals surface area contributed by atoms with Gasteiger partial charge in [-0.15, -0.1) is 0 Å². The molecule has 0 aliphatic carbocycles. The minimum absolute atomic E-state index is 0.000254. The van der Waals surface area contributed by atoms with Crippen molar-refractivity contribution in [2.24, 2.45) is 5.10 Å². The molecule has 1 heterocycles. The van der Waals surface area contributed by atoms with Crippen LogP contribution in [0.25, 0.3) is 5.57 Å². The molecule has 1 N–H and O–H groups in total. The van der Waals surface area contributed by atoms with E-state index in [4.69, 9.17) is 0 Å². The van der Waals surface area contributed by atoms with E-state index in [1.807, 2.05) is 24.3 Å². The normalized spacial score (nSPS) is 15.3. The zero-order valence-electron chi connectivity index (χ0n) is 16.8. The van der Waals surface area contributed by atoms with E-state index in [1.54, 1.807) is 12.3 Å². The predicted molar refractivity (Wildman–Crippen MR) is 121 cm³/mol. The van der Waals surface area contributed by atoms with Gasteiger partial charge in [-0.25, -0.2) is 5.43 Å². The fourth-order valence-corrected chi connectivity index (χ4v) is 4.15. The summed E-state index contributed by atoms with van der Waals surface area (Å²) in [5.74, 6) is -0.242. The zero-order chi connectivity index (χ0) is 20.3. The minimum Gasteiger partial charge on any atom is -0.362 e. The second-order valence-corrected chi connectivity index (χ2v) is 8.44. The summed E-state index contributed by atoms with van der Waals surface area (Å²) in [5, 5.41) is 4.14. The monoisotopic (exact) mass is 439 g/mol. The predicted octanol–water partition coefficient (Wildman–Crippen LogP) is 5.62. The molecule has 146 valence electrons. The number of nitrogens with one attached hydrogen (secondary N) is 1. The molecule has 0 spiro atoms. The lowest BCUT2D eigenvalue weighted by atomic mass is 9.88. The fourth-order valence-electron chi connectivity index (χ4n) is 3.68. The van der Waals surface area contributed by atoms with Gasteiger partial charge in [-0.2, -0.15) is 5.10 Å². The van der Waals surface area contributed by atoms with Crippen LogP contribution in [-0.4, -0.2) is 24.2 Å². The summed E-state index contributed by atoms with van der Waals surface area (Å²) >= 11 is 3.39. The first kappa shape index (κ1) is 20.3. The third kappa shape index (κ3) is 4.20. The Morgan fingerprint density at radius 2 is 2.00 bits per heavy atom. The number of carbonyl (C=O) groups excluding carboxylic acids is 1. The van der Waals surface area contributed by atoms with Gasteiger partial charge in [-0.3, -0.25) is 4.79 Å². The van der Waals surface area contributed by atoms with Crippen LogP contribution in [-0.2, 0) is 0 Å². The van der Waals surface area contributed by atoms with Crippen LogP contribution in [0.4, 0.5) is 5.69 Å². The molecule has 0 aromatic heterocycles. The molecule has 0 saturated heterocycles. The van der Waals surface area contributed by atoms with Gasteiger partial charge >= 0.3 is 0 Å². The molecule has 0 saturated carbocycles. The Bertz CT molecular complexity index is 947. The Hall–Kier alpha value is -2.40. The molecule has 4 nitrogen and oxygen atoms in total. The van der Waals surface area contributed by atoms with Crippen LogP contribution in [0.2, 0.25) is 0 Å². The summed E-state index contributed by atoms with van der Waals surface area (Å²) in [6.45, 7) is 9.87. The van der Waals surface area contributed by atoms with Crippen molar-refractivity contribution in [1.29, 1.82) is 0 Å². The van der Waals surface area contributed by atoms with Crippen LogP contribution in [0, 0.1) is 0 Å². The van der Waals surface area contributed by atoms with Gasteiger partial charge in [0.25, 0.3) is 5.91 Å². The summed E-state index contributed by atoms with van der Waals surface area (Å²) in [7, 11) is 0. The Morgan fingerprint density at radius 1 is 1.25 bits per heavy atom. The molecule has 0 unspecified atom stereocenters. The Labute approximate surface area is 175 Å². The lowest BCUT2D eigenvalue weighted by Crippen LogP contribution is -2.45. The van der Waals surface area contributed by atoms with E-state index in [-0.39, 0.29) is 11.4 Å². The van der Waals surface area contributed by atoms with E-state index in [9.17, 15) is 4.79 Å². The molecule has 3 rings (SSSR count). The van der Waals surface area contributed by atoms with Crippen LogP contribution >= 0.6 is 15.9 Å². The average Bonchev–Trinajstić information content (AvgIpc) is 2.65. The van der Waals surface area contributed by atoms with E-state index in [0.717, 1.165) is 23.0 Å². The number of hydrogen-bond donors (Lipinski definition) is 1. The van der Waals surface area contributed by atoms with Crippen LogP contribution in [0.1, 0.15) is 55.6 Å². The zero-order valence-corrected chi connectivity index (χ0v) is 18.4. The first-order valence-corrected chi connectivity index (χ1v) is 10.3. The molecule has 0 atom stereocenters. The Kier molecular flexibility index (Phi) is 6.04. The standard InChI is InChI=1S/C23H26BrN3O/c1-5-12-27-21-11-10-17(13-19(21)16(2)14-23(27,3)4)15-25-26-22(28)18-8-6-7-9-20(18)24/h6-11,13-15H,5,12H2,1-4H3,(H,26,28)/b25-15-. The van der Waals surface area contributed by atoms with Crippen molar-refractivity contribution >= 4 is 39.3 Å². The van der Waals surface area contributed by atoms with Gasteiger partial charge < -0.3 is 4.90 Å². The number of nitrogens with zero attached hydrogens (tertiary/aromatic N) is 2. The summed E-state index contributed by atoms with van der Waals surface area (Å²) in [6.07, 6.45) is 5.10. The molecule has 1 aliphatic rings. The van der Waals surface area contributed by atoms with Gasteiger partial charge in [0, 0.05) is 22.3 Å². The van der Waals surface area contributed by atoms with Crippen LogP contribution < -0.4 is 10.3 Å². The summed E-state index contributed by atoms with van der Waals surface area (Å²) in [4.78, 5) is 14.7. The minimum atomic E-state index is -0.242. The molecule has 0 radical (unpaired) electrons. The number of benzene rings is 2. The van der Waals surface area contributed by atoms with Crippen molar-refractivity contribution < 1.29 is 4.79 Å². The van der Waals surface area contributed by atoms with Crippen LogP contribution in [0.5, 0.6) is 0 Å². The highest BCUT2D eigenvalue weighted by Gasteiger charge is 2.30. The Morgan fingerprint density at radius 3 is 2.71 bits per heavy atom. The molecule has 5 heteroatoms. The maximum atomic E-state index is 12.3. The first-order chi connectivity index (χ1) is 13.3. The molecular weight excluding hydrogens is 414 g/mol. The second kappa shape index (κ2) is 8.31. The quantitative estimate of drug-likeness (QED) is 0.484. The third-order valence-corrected chi connectivity index (χ3v) is 5.64. The van der Waals surface area contributed by atoms with Crippen LogP contribution in [0.3, 0.4) is 0 Å². The molecular formula is C23H26BrN3O. The average molecular weight is 440 g/mol. The number of anilines is 1. The molecule has 28 heavy (non-hydrogen) atoms. The number of carbonyl (C=O) groups is 1. The van der Waals surface area contributed by atoms with Crippen molar-refractivity contribution in [2.75, 3.05) is 11.4 Å². The van der Waals surface area contributed by atoms with Crippen molar-refractivity contribution in [3.8, 4) is 0 Å². The van der Waals surface area contributed by atoms with Gasteiger partial charge in [0.2, 0.25) is 0 Å². The third-order valence-electron chi connectivity index (χ3n) is 4.95. The SMILES string of the molecule is CCCN1c2ccc(/C=N\NC(=O)c3ccccc3Br)cc2C(C)=CC1(C)C. The molecule has 1 amide bonds. The lowest BCUT2D eigenvalue weighted by Gasteiger charge is -2.43. The van der Waals surface area contributed by atoms with Crippen LogP contribution in [0.15, 0.2) is 58.1 Å². The number of hydrogen-bond acceptors (Lipinski definition) is 3. The molecule has 2 aromatic rings. The highest BCUT2D eigenvalue weighted by molar-refractivity contribution is 9.10. The second-order valence-electron chi connectivity index (χ2n) is 7.59. The number of amides is 1. The molecule has 1 aliphatic heterocycles. The summed E-state index contributed by atoms with van der Waals surface area (Å²) in [5.41, 5.74) is 7.84. The summed E-state index contributed by atoms with van der Waals surface area (Å²) < 4.78 is 0.746. The topological polar surface area (TPSA) is 44.7 Å². The highest BCUT2D eigenvalue weighted by Crippen LogP contribution is 2.39. The van der Waals surface area contributed by atoms with Gasteiger partial charge in [-0.05, 0) is 78.5 Å². The smallest absolute Gasteiger partial charge is 0.272 e. The lowest BCUT2D eigenvalue weighted by molar-refractivity contribution is 0.0954. The van der Waals surface area contributed by atoms with E-state index in [0.29, 0.717) is 5.56 Å². The van der Waals surface area contributed by atoms with Crippen molar-refractivity contribution in [3.63, 3.8) is 0 Å². The fraction of sp³-hybridized carbons (Fsp3) is 0.304. The number of halogens is 1. The Balaban J connectivity index is 1.80. The first-order valence-electron chi connectivity index (χ1n) is 9.53. The van der Waals surface area contributed by atoms with Gasteiger partial charge in [0.05, 0.1) is 17.3 Å². The van der Waals surface area contributed by atoms with E-state index < -0.39 is 0 Å². The van der Waals surface area contributed by atoms with Crippen molar-refractivity contribution in [3.05, 3.63) is 69.7 Å². The molecule has 0 fully saturated rings. The van der Waals surface area contributed by atoms with Crippen molar-refractivity contribution in [1.82, 2.24) is 5.43 Å². The maximum Gasteiger partial charge on any atom is 0.272 e. The van der Waals surface area contributed by atoms with Gasteiger partial charge in [-0.1, -0.05) is 31.2 Å². The summed E-state index contributed by atoms with van der Waals surface area (Å²) in [6, 6.07) is 13.6.